The Balaban J connectivity index is 0.000000280. The van der Waals surface area contributed by atoms with Gasteiger partial charge in [0.1, 0.15) is 5.52 Å². The summed E-state index contributed by atoms with van der Waals surface area (Å²) < 4.78 is 0. The van der Waals surface area contributed by atoms with Crippen molar-refractivity contribution in [2.75, 3.05) is 0 Å². The molecule has 0 unspecified atom stereocenters. The third kappa shape index (κ3) is 2.94. The van der Waals surface area contributed by atoms with E-state index >= 15 is 0 Å². The monoisotopic (exact) mass is 223 g/mol. The molecule has 0 aliphatic rings. The van der Waals surface area contributed by atoms with Crippen molar-refractivity contribution in [3.05, 3.63) is 23.8 Å². The minimum atomic E-state index is -1.83. The number of aromatic amines is 1. The largest absolute Gasteiger partial charge is 0.503 e. The van der Waals surface area contributed by atoms with Crippen molar-refractivity contribution in [2.24, 2.45) is 0 Å². The molecule has 0 aliphatic carbocycles. The highest BCUT2D eigenvalue weighted by Gasteiger charge is 2.06. The highest BCUT2D eigenvalue weighted by molar-refractivity contribution is 5.77. The van der Waals surface area contributed by atoms with Crippen LogP contribution in [0.4, 0.5) is 4.79 Å². The lowest BCUT2D eigenvalue weighted by atomic mass is 10.0. The highest BCUT2D eigenvalue weighted by atomic mass is 16.6. The normalized spacial score (nSPS) is 9.94. The van der Waals surface area contributed by atoms with Gasteiger partial charge in [0.15, 0.2) is 0 Å². The number of fused-ring (bicyclic) bond motifs is 1. The second kappa shape index (κ2) is 5.11. The maximum atomic E-state index is 8.56. The Morgan fingerprint density at radius 1 is 1.38 bits per heavy atom. The first kappa shape index (κ1) is 12.0. The summed E-state index contributed by atoms with van der Waals surface area (Å²) in [6.45, 7) is 4.31. The van der Waals surface area contributed by atoms with Crippen molar-refractivity contribution in [3.63, 3.8) is 0 Å². The number of H-pyrrole nitrogens is 1. The SMILES string of the molecule is CC(C)c1cccc2[nH]nnc12.O=C(O)O. The van der Waals surface area contributed by atoms with Crippen LogP contribution in [0.5, 0.6) is 0 Å². The Labute approximate surface area is 91.9 Å². The van der Waals surface area contributed by atoms with Gasteiger partial charge >= 0.3 is 6.16 Å². The van der Waals surface area contributed by atoms with Crippen molar-refractivity contribution in [3.8, 4) is 0 Å². The molecule has 0 fully saturated rings. The first-order valence-corrected chi connectivity index (χ1v) is 4.74. The van der Waals surface area contributed by atoms with E-state index in [9.17, 15) is 0 Å². The van der Waals surface area contributed by atoms with Gasteiger partial charge in [0.05, 0.1) is 5.52 Å². The molecular formula is C10H13N3O3. The van der Waals surface area contributed by atoms with Gasteiger partial charge in [-0.15, -0.1) is 5.10 Å². The summed E-state index contributed by atoms with van der Waals surface area (Å²) in [5.41, 5.74) is 3.26. The van der Waals surface area contributed by atoms with Crippen LogP contribution in [0.1, 0.15) is 25.3 Å². The van der Waals surface area contributed by atoms with Crippen LogP contribution in [0.15, 0.2) is 18.2 Å². The van der Waals surface area contributed by atoms with Gasteiger partial charge < -0.3 is 10.2 Å². The Morgan fingerprint density at radius 2 is 2.00 bits per heavy atom. The maximum absolute atomic E-state index is 8.56. The first-order chi connectivity index (χ1) is 7.52. The number of benzene rings is 1. The molecular weight excluding hydrogens is 210 g/mol. The number of nitrogens with zero attached hydrogens (tertiary/aromatic N) is 2. The molecule has 0 amide bonds. The summed E-state index contributed by atoms with van der Waals surface area (Å²) in [5.74, 6) is 0.499. The van der Waals surface area contributed by atoms with Crippen LogP contribution in [0, 0.1) is 0 Å². The zero-order valence-corrected chi connectivity index (χ0v) is 9.01. The number of hydrogen-bond donors (Lipinski definition) is 3. The maximum Gasteiger partial charge on any atom is 0.503 e. The van der Waals surface area contributed by atoms with Gasteiger partial charge in [-0.05, 0) is 17.5 Å². The van der Waals surface area contributed by atoms with Crippen molar-refractivity contribution >= 4 is 17.2 Å². The fraction of sp³-hybridized carbons (Fsp3) is 0.300. The molecule has 0 spiro atoms. The number of aromatic nitrogens is 3. The van der Waals surface area contributed by atoms with Crippen molar-refractivity contribution < 1.29 is 15.0 Å². The lowest BCUT2D eigenvalue weighted by Gasteiger charge is -2.03. The lowest BCUT2D eigenvalue weighted by Crippen LogP contribution is -1.88. The molecule has 86 valence electrons. The van der Waals surface area contributed by atoms with E-state index in [0.29, 0.717) is 5.92 Å². The molecule has 16 heavy (non-hydrogen) atoms. The van der Waals surface area contributed by atoms with Crippen LogP contribution in [0.2, 0.25) is 0 Å². The smallest absolute Gasteiger partial charge is 0.450 e. The van der Waals surface area contributed by atoms with E-state index in [-0.39, 0.29) is 0 Å². The molecule has 0 saturated heterocycles. The topological polar surface area (TPSA) is 99.1 Å². The van der Waals surface area contributed by atoms with Gasteiger partial charge in [-0.1, -0.05) is 31.2 Å². The van der Waals surface area contributed by atoms with Crippen molar-refractivity contribution in [1.82, 2.24) is 15.4 Å². The second-order valence-corrected chi connectivity index (χ2v) is 3.49. The number of carboxylic acid groups (broad SMARTS) is 2. The predicted molar refractivity (Wildman–Crippen MR) is 58.6 cm³/mol. The van der Waals surface area contributed by atoms with Crippen LogP contribution in [-0.2, 0) is 0 Å². The van der Waals surface area contributed by atoms with Gasteiger partial charge in [0.2, 0.25) is 0 Å². The summed E-state index contributed by atoms with van der Waals surface area (Å²) in [7, 11) is 0. The molecule has 1 heterocycles. The zero-order valence-electron chi connectivity index (χ0n) is 9.01. The summed E-state index contributed by atoms with van der Waals surface area (Å²) in [5, 5.41) is 24.6. The van der Waals surface area contributed by atoms with Crippen LogP contribution in [0.25, 0.3) is 11.0 Å². The average molecular weight is 223 g/mol. The van der Waals surface area contributed by atoms with Gasteiger partial charge in [0, 0.05) is 0 Å². The van der Waals surface area contributed by atoms with E-state index in [1.807, 2.05) is 12.1 Å². The molecule has 0 radical (unpaired) electrons. The Bertz CT molecular complexity index is 475. The molecule has 0 aliphatic heterocycles. The van der Waals surface area contributed by atoms with E-state index in [4.69, 9.17) is 15.0 Å². The molecule has 6 heteroatoms. The molecule has 1 aromatic carbocycles. The first-order valence-electron chi connectivity index (χ1n) is 4.74. The zero-order chi connectivity index (χ0) is 12.1. The molecule has 3 N–H and O–H groups in total. The highest BCUT2D eigenvalue weighted by Crippen LogP contribution is 2.21. The van der Waals surface area contributed by atoms with Gasteiger partial charge in [-0.2, -0.15) is 0 Å². The summed E-state index contributed by atoms with van der Waals surface area (Å²) in [6.07, 6.45) is -1.83. The fourth-order valence-electron chi connectivity index (χ4n) is 1.36. The van der Waals surface area contributed by atoms with E-state index in [0.717, 1.165) is 11.0 Å². The van der Waals surface area contributed by atoms with Gasteiger partial charge in [-0.25, -0.2) is 4.79 Å². The Hall–Kier alpha value is -2.11. The number of nitrogens with one attached hydrogen (secondary N) is 1. The van der Waals surface area contributed by atoms with E-state index < -0.39 is 6.16 Å². The van der Waals surface area contributed by atoms with E-state index in [1.54, 1.807) is 0 Å². The number of rotatable bonds is 1. The third-order valence-electron chi connectivity index (χ3n) is 2.01. The van der Waals surface area contributed by atoms with Crippen LogP contribution < -0.4 is 0 Å². The predicted octanol–water partition coefficient (Wildman–Crippen LogP) is 2.30. The Kier molecular flexibility index (Phi) is 3.82. The molecule has 1 aromatic heterocycles. The molecule has 0 bridgehead atoms. The summed E-state index contributed by atoms with van der Waals surface area (Å²) in [6, 6.07) is 6.11. The fourth-order valence-corrected chi connectivity index (χ4v) is 1.36. The minimum absolute atomic E-state index is 0.499. The molecule has 6 nitrogen and oxygen atoms in total. The van der Waals surface area contributed by atoms with Crippen molar-refractivity contribution in [2.45, 2.75) is 19.8 Å². The Morgan fingerprint density at radius 3 is 2.56 bits per heavy atom. The number of carbonyl (C=O) groups is 1. The third-order valence-corrected chi connectivity index (χ3v) is 2.01. The summed E-state index contributed by atoms with van der Waals surface area (Å²) >= 11 is 0. The molecule has 2 aromatic rings. The molecule has 2 rings (SSSR count). The molecule has 0 atom stereocenters. The molecule has 0 saturated carbocycles. The van der Waals surface area contributed by atoms with Gasteiger partial charge in [-0.3, -0.25) is 5.10 Å². The minimum Gasteiger partial charge on any atom is -0.450 e. The van der Waals surface area contributed by atoms with Gasteiger partial charge in [0.25, 0.3) is 0 Å². The summed E-state index contributed by atoms with van der Waals surface area (Å²) in [4.78, 5) is 8.56. The van der Waals surface area contributed by atoms with Crippen molar-refractivity contribution in [1.29, 1.82) is 0 Å². The number of hydrogen-bond acceptors (Lipinski definition) is 3. The second-order valence-electron chi connectivity index (χ2n) is 3.49. The van der Waals surface area contributed by atoms with E-state index in [1.165, 1.54) is 5.56 Å². The van der Waals surface area contributed by atoms with Crippen LogP contribution in [-0.4, -0.2) is 31.8 Å². The average Bonchev–Trinajstić information content (AvgIpc) is 2.63. The lowest BCUT2D eigenvalue weighted by molar-refractivity contribution is 0.137. The van der Waals surface area contributed by atoms with Crippen LogP contribution in [0.3, 0.4) is 0 Å². The van der Waals surface area contributed by atoms with Crippen LogP contribution >= 0.6 is 0 Å². The van der Waals surface area contributed by atoms with E-state index in [2.05, 4.69) is 35.3 Å². The quantitative estimate of drug-likeness (QED) is 0.688. The standard InChI is InChI=1S/C9H11N3.CH2O3/c1-6(2)7-4-3-5-8-9(7)11-12-10-8;2-1(3)4/h3-6H,1-2H3,(H,10,11,12);(H2,2,3,4).